The predicted molar refractivity (Wildman–Crippen MR) is 80.1 cm³/mol. The van der Waals surface area contributed by atoms with Crippen molar-refractivity contribution >= 4 is 23.7 Å². The molecule has 0 aromatic heterocycles. The predicted octanol–water partition coefficient (Wildman–Crippen LogP) is 1.29. The molecule has 1 N–H and O–H groups in total. The lowest BCUT2D eigenvalue weighted by Crippen LogP contribution is -2.39. The Balaban J connectivity index is 1.93. The molecule has 0 saturated carbocycles. The zero-order valence-corrected chi connectivity index (χ0v) is 13.0. The molecule has 0 saturated heterocycles. The first-order valence-corrected chi connectivity index (χ1v) is 7.45. The molecule has 0 atom stereocenters. The van der Waals surface area contributed by atoms with Gasteiger partial charge in [0, 0.05) is 5.92 Å². The molecule has 23 heavy (non-hydrogen) atoms. The minimum atomic E-state index is -0.876. The van der Waals surface area contributed by atoms with Crippen LogP contribution in [-0.2, 0) is 14.4 Å². The summed E-state index contributed by atoms with van der Waals surface area (Å²) in [6.45, 7) is 3.36. The van der Waals surface area contributed by atoms with Crippen molar-refractivity contribution in [2.75, 3.05) is 6.54 Å². The van der Waals surface area contributed by atoms with E-state index in [1.54, 1.807) is 12.1 Å². The van der Waals surface area contributed by atoms with Crippen molar-refractivity contribution in [2.24, 2.45) is 5.92 Å². The normalized spacial score (nSPS) is 13.3. The van der Waals surface area contributed by atoms with Crippen molar-refractivity contribution in [3.8, 4) is 0 Å². The zero-order valence-electron chi connectivity index (χ0n) is 13.0. The van der Waals surface area contributed by atoms with Crippen molar-refractivity contribution in [3.05, 3.63) is 35.4 Å². The van der Waals surface area contributed by atoms with E-state index in [0.29, 0.717) is 17.9 Å². The van der Waals surface area contributed by atoms with Gasteiger partial charge in [-0.05, 0) is 25.0 Å². The molecule has 0 bridgehead atoms. The number of amides is 3. The minimum Gasteiger partial charge on any atom is -0.345 e. The van der Waals surface area contributed by atoms with Gasteiger partial charge in [-0.2, -0.15) is 0 Å². The summed E-state index contributed by atoms with van der Waals surface area (Å²) >= 11 is 0. The first-order valence-electron chi connectivity index (χ1n) is 7.45. The summed E-state index contributed by atoms with van der Waals surface area (Å²) in [6.07, 6.45) is 1.32. The Bertz CT molecular complexity index is 617. The third kappa shape index (κ3) is 3.39. The fraction of sp³-hybridized carbons (Fsp3) is 0.375. The highest BCUT2D eigenvalue weighted by atomic mass is 16.7. The molecule has 1 aromatic rings. The van der Waals surface area contributed by atoms with E-state index in [0.717, 1.165) is 0 Å². The van der Waals surface area contributed by atoms with Crippen LogP contribution in [0.2, 0.25) is 0 Å². The Labute approximate surface area is 133 Å². The van der Waals surface area contributed by atoms with Crippen molar-refractivity contribution in [3.63, 3.8) is 0 Å². The van der Waals surface area contributed by atoms with Gasteiger partial charge in [-0.3, -0.25) is 14.4 Å². The van der Waals surface area contributed by atoms with Gasteiger partial charge in [0.05, 0.1) is 11.1 Å². The molecule has 1 aliphatic heterocycles. The van der Waals surface area contributed by atoms with Gasteiger partial charge < -0.3 is 10.2 Å². The first kappa shape index (κ1) is 16.7. The van der Waals surface area contributed by atoms with Crippen LogP contribution in [0.25, 0.3) is 0 Å². The van der Waals surface area contributed by atoms with Crippen LogP contribution in [0, 0.1) is 5.92 Å². The second-order valence-electron chi connectivity index (χ2n) is 5.14. The van der Waals surface area contributed by atoms with Crippen molar-refractivity contribution < 1.29 is 24.0 Å². The van der Waals surface area contributed by atoms with E-state index in [4.69, 9.17) is 4.84 Å². The Morgan fingerprint density at radius 3 is 2.09 bits per heavy atom. The van der Waals surface area contributed by atoms with Crippen LogP contribution in [-0.4, -0.2) is 35.3 Å². The van der Waals surface area contributed by atoms with Crippen LogP contribution in [0.15, 0.2) is 24.3 Å². The van der Waals surface area contributed by atoms with Gasteiger partial charge in [-0.1, -0.05) is 31.0 Å². The summed E-state index contributed by atoms with van der Waals surface area (Å²) in [5.74, 6) is -2.69. The standard InChI is InChI=1S/C16H18N2O5/c1-3-10(4-2)14(20)17-9-13(19)23-18-15(21)11-7-5-6-8-12(11)16(18)22/h5-8,10H,3-4,9H2,1-2H3,(H,17,20). The number of fused-ring (bicyclic) bond motifs is 1. The molecular weight excluding hydrogens is 300 g/mol. The van der Waals surface area contributed by atoms with Crippen molar-refractivity contribution in [1.82, 2.24) is 10.4 Å². The summed E-state index contributed by atoms with van der Waals surface area (Å²) in [7, 11) is 0. The molecule has 7 heteroatoms. The van der Waals surface area contributed by atoms with Crippen LogP contribution in [0.5, 0.6) is 0 Å². The number of imide groups is 1. The number of nitrogens with one attached hydrogen (secondary N) is 1. The quantitative estimate of drug-likeness (QED) is 0.798. The van der Waals surface area contributed by atoms with E-state index < -0.39 is 24.3 Å². The molecule has 0 spiro atoms. The van der Waals surface area contributed by atoms with Crippen LogP contribution < -0.4 is 5.32 Å². The summed E-state index contributed by atoms with van der Waals surface area (Å²) in [6, 6.07) is 6.20. The van der Waals surface area contributed by atoms with Gasteiger partial charge in [0.25, 0.3) is 11.8 Å². The van der Waals surface area contributed by atoms with E-state index in [1.807, 2.05) is 13.8 Å². The average Bonchev–Trinajstić information content (AvgIpc) is 2.79. The number of carbonyl (C=O) groups is 4. The summed E-state index contributed by atoms with van der Waals surface area (Å²) in [5, 5.41) is 2.87. The number of hydrogen-bond donors (Lipinski definition) is 1. The molecule has 1 aromatic carbocycles. The molecule has 1 aliphatic rings. The van der Waals surface area contributed by atoms with E-state index >= 15 is 0 Å². The topological polar surface area (TPSA) is 92.8 Å². The number of hydroxylamine groups is 2. The molecule has 0 radical (unpaired) electrons. The smallest absolute Gasteiger partial charge is 0.345 e. The third-order valence-corrected chi connectivity index (χ3v) is 3.71. The molecule has 0 fully saturated rings. The minimum absolute atomic E-state index is 0.179. The first-order chi connectivity index (χ1) is 11.0. The highest BCUT2D eigenvalue weighted by Crippen LogP contribution is 2.22. The number of carbonyl (C=O) groups excluding carboxylic acids is 4. The van der Waals surface area contributed by atoms with Gasteiger partial charge in [-0.25, -0.2) is 4.79 Å². The van der Waals surface area contributed by atoms with E-state index in [-0.39, 0.29) is 23.0 Å². The maximum absolute atomic E-state index is 12.0. The van der Waals surface area contributed by atoms with Gasteiger partial charge in [0.1, 0.15) is 6.54 Å². The summed E-state index contributed by atoms with van der Waals surface area (Å²) < 4.78 is 0. The van der Waals surface area contributed by atoms with Crippen LogP contribution >= 0.6 is 0 Å². The largest absolute Gasteiger partial charge is 0.352 e. The fourth-order valence-corrected chi connectivity index (χ4v) is 2.35. The number of hydrogen-bond acceptors (Lipinski definition) is 5. The summed E-state index contributed by atoms with van der Waals surface area (Å²) in [4.78, 5) is 52.4. The number of nitrogens with zero attached hydrogens (tertiary/aromatic N) is 1. The molecule has 2 rings (SSSR count). The molecule has 3 amide bonds. The molecular formula is C16H18N2O5. The van der Waals surface area contributed by atoms with E-state index in [2.05, 4.69) is 5.32 Å². The van der Waals surface area contributed by atoms with E-state index in [9.17, 15) is 19.2 Å². The Hall–Kier alpha value is -2.70. The fourth-order valence-electron chi connectivity index (χ4n) is 2.35. The second-order valence-corrected chi connectivity index (χ2v) is 5.14. The lowest BCUT2D eigenvalue weighted by Gasteiger charge is -2.15. The number of rotatable bonds is 6. The van der Waals surface area contributed by atoms with Gasteiger partial charge in [0.2, 0.25) is 5.91 Å². The molecule has 0 aliphatic carbocycles. The monoisotopic (exact) mass is 318 g/mol. The van der Waals surface area contributed by atoms with Gasteiger partial charge in [-0.15, -0.1) is 0 Å². The third-order valence-electron chi connectivity index (χ3n) is 3.71. The Morgan fingerprint density at radius 1 is 1.09 bits per heavy atom. The van der Waals surface area contributed by atoms with Crippen molar-refractivity contribution in [2.45, 2.75) is 26.7 Å². The molecule has 7 nitrogen and oxygen atoms in total. The summed E-state index contributed by atoms with van der Waals surface area (Å²) in [5.41, 5.74) is 0.373. The highest BCUT2D eigenvalue weighted by molar-refractivity contribution is 6.20. The SMILES string of the molecule is CCC(CC)C(=O)NCC(=O)ON1C(=O)c2ccccc2C1=O. The maximum atomic E-state index is 12.0. The highest BCUT2D eigenvalue weighted by Gasteiger charge is 2.38. The average molecular weight is 318 g/mol. The Morgan fingerprint density at radius 2 is 1.61 bits per heavy atom. The van der Waals surface area contributed by atoms with Crippen LogP contribution in [0.4, 0.5) is 0 Å². The molecule has 122 valence electrons. The zero-order chi connectivity index (χ0) is 17.0. The number of benzene rings is 1. The lowest BCUT2D eigenvalue weighted by atomic mass is 10.0. The maximum Gasteiger partial charge on any atom is 0.352 e. The second kappa shape index (κ2) is 7.04. The van der Waals surface area contributed by atoms with E-state index in [1.165, 1.54) is 12.1 Å². The lowest BCUT2D eigenvalue weighted by molar-refractivity contribution is -0.167. The molecule has 1 heterocycles. The van der Waals surface area contributed by atoms with Crippen LogP contribution in [0.1, 0.15) is 47.4 Å². The van der Waals surface area contributed by atoms with Gasteiger partial charge >= 0.3 is 5.97 Å². The molecule has 0 unspecified atom stereocenters. The van der Waals surface area contributed by atoms with Gasteiger partial charge in [0.15, 0.2) is 0 Å². The van der Waals surface area contributed by atoms with Crippen LogP contribution in [0.3, 0.4) is 0 Å². The Kier molecular flexibility index (Phi) is 5.10. The van der Waals surface area contributed by atoms with Crippen molar-refractivity contribution in [1.29, 1.82) is 0 Å².